The summed E-state index contributed by atoms with van der Waals surface area (Å²) in [5.41, 5.74) is 0.994. The smallest absolute Gasteiger partial charge is 0.387 e. The average molecular weight is 240 g/mol. The van der Waals surface area contributed by atoms with E-state index in [-0.39, 0.29) is 11.5 Å². The Balaban J connectivity index is 2.25. The van der Waals surface area contributed by atoms with Gasteiger partial charge in [0, 0.05) is 6.42 Å². The Morgan fingerprint density at radius 3 is 2.76 bits per heavy atom. The van der Waals surface area contributed by atoms with Crippen molar-refractivity contribution in [3.05, 3.63) is 29.3 Å². The fourth-order valence-corrected chi connectivity index (χ4v) is 1.88. The molecule has 17 heavy (non-hydrogen) atoms. The number of benzene rings is 1. The van der Waals surface area contributed by atoms with E-state index in [4.69, 9.17) is 0 Å². The summed E-state index contributed by atoms with van der Waals surface area (Å²) >= 11 is 0. The Morgan fingerprint density at radius 1 is 1.47 bits per heavy atom. The lowest BCUT2D eigenvalue weighted by Gasteiger charge is -2.12. The number of carbonyl (C=O) groups is 1. The Labute approximate surface area is 98.6 Å². The minimum Gasteiger partial charge on any atom is -0.434 e. The molecule has 0 spiro atoms. The van der Waals surface area contributed by atoms with Crippen LogP contribution in [0.1, 0.15) is 35.2 Å². The maximum Gasteiger partial charge on any atom is 0.387 e. The summed E-state index contributed by atoms with van der Waals surface area (Å²) in [5, 5.41) is 0. The predicted molar refractivity (Wildman–Crippen MR) is 59.5 cm³/mol. The first-order valence-corrected chi connectivity index (χ1v) is 5.65. The van der Waals surface area contributed by atoms with Crippen molar-refractivity contribution in [3.63, 3.8) is 0 Å². The molecule has 0 N–H and O–H groups in total. The zero-order valence-corrected chi connectivity index (χ0v) is 9.58. The van der Waals surface area contributed by atoms with Gasteiger partial charge in [0.15, 0.2) is 5.78 Å². The van der Waals surface area contributed by atoms with Crippen molar-refractivity contribution >= 4 is 5.78 Å². The van der Waals surface area contributed by atoms with Gasteiger partial charge in [-0.3, -0.25) is 4.79 Å². The number of alkyl halides is 2. The Kier molecular flexibility index (Phi) is 3.41. The van der Waals surface area contributed by atoms with Crippen molar-refractivity contribution < 1.29 is 18.3 Å². The molecule has 1 aromatic carbocycles. The summed E-state index contributed by atoms with van der Waals surface area (Å²) in [4.78, 5) is 12.0. The van der Waals surface area contributed by atoms with E-state index in [1.54, 1.807) is 19.1 Å². The van der Waals surface area contributed by atoms with E-state index in [2.05, 4.69) is 4.74 Å². The molecule has 1 saturated carbocycles. The molecule has 4 heteroatoms. The summed E-state index contributed by atoms with van der Waals surface area (Å²) in [6.07, 6.45) is 2.55. The number of hydrogen-bond donors (Lipinski definition) is 0. The van der Waals surface area contributed by atoms with Crippen LogP contribution in [0.5, 0.6) is 5.75 Å². The van der Waals surface area contributed by atoms with E-state index < -0.39 is 6.61 Å². The summed E-state index contributed by atoms with van der Waals surface area (Å²) in [6, 6.07) is 4.76. The molecule has 92 valence electrons. The molecule has 0 aliphatic heterocycles. The summed E-state index contributed by atoms with van der Waals surface area (Å²) in [6.45, 7) is -1.16. The molecule has 2 nitrogen and oxygen atoms in total. The van der Waals surface area contributed by atoms with E-state index in [0.717, 1.165) is 12.8 Å². The van der Waals surface area contributed by atoms with Crippen LogP contribution in [-0.4, -0.2) is 12.4 Å². The van der Waals surface area contributed by atoms with Crippen LogP contribution >= 0.6 is 0 Å². The molecule has 2 rings (SSSR count). The fourth-order valence-electron chi connectivity index (χ4n) is 1.88. The van der Waals surface area contributed by atoms with Crippen molar-refractivity contribution in [2.45, 2.75) is 32.8 Å². The van der Waals surface area contributed by atoms with Crippen LogP contribution in [0.25, 0.3) is 0 Å². The third kappa shape index (κ3) is 3.02. The van der Waals surface area contributed by atoms with Gasteiger partial charge in [0.2, 0.25) is 0 Å². The van der Waals surface area contributed by atoms with Crippen LogP contribution < -0.4 is 4.74 Å². The quantitative estimate of drug-likeness (QED) is 0.735. The van der Waals surface area contributed by atoms with Gasteiger partial charge < -0.3 is 4.74 Å². The van der Waals surface area contributed by atoms with Gasteiger partial charge >= 0.3 is 6.61 Å². The van der Waals surface area contributed by atoms with E-state index >= 15 is 0 Å². The molecule has 0 atom stereocenters. The first-order chi connectivity index (χ1) is 8.08. The van der Waals surface area contributed by atoms with E-state index in [1.165, 1.54) is 6.07 Å². The Bertz CT molecular complexity index is 425. The molecule has 0 amide bonds. The number of halogens is 2. The molecule has 1 aromatic rings. The maximum atomic E-state index is 12.2. The van der Waals surface area contributed by atoms with Crippen molar-refractivity contribution in [1.82, 2.24) is 0 Å². The average Bonchev–Trinajstić information content (AvgIpc) is 3.00. The van der Waals surface area contributed by atoms with Gasteiger partial charge in [0.05, 0.1) is 5.56 Å². The minimum atomic E-state index is -2.90. The molecule has 0 saturated heterocycles. The SMILES string of the molecule is Cc1cccc(OC(F)F)c1C(=O)CC1CC1. The molecule has 0 unspecified atom stereocenters. The van der Waals surface area contributed by atoms with Gasteiger partial charge in [-0.05, 0) is 37.3 Å². The zero-order chi connectivity index (χ0) is 12.4. The number of ketones is 1. The van der Waals surface area contributed by atoms with Crippen molar-refractivity contribution in [2.24, 2.45) is 5.92 Å². The lowest BCUT2D eigenvalue weighted by Crippen LogP contribution is -2.10. The van der Waals surface area contributed by atoms with Gasteiger partial charge in [-0.1, -0.05) is 12.1 Å². The van der Waals surface area contributed by atoms with Crippen LogP contribution in [-0.2, 0) is 0 Å². The highest BCUT2D eigenvalue weighted by Crippen LogP contribution is 2.35. The second-order valence-corrected chi connectivity index (χ2v) is 4.40. The predicted octanol–water partition coefficient (Wildman–Crippen LogP) is 3.58. The lowest BCUT2D eigenvalue weighted by atomic mass is 10.00. The summed E-state index contributed by atoms with van der Waals surface area (Å²) in [7, 11) is 0. The Morgan fingerprint density at radius 2 is 2.18 bits per heavy atom. The number of hydrogen-bond acceptors (Lipinski definition) is 2. The highest BCUT2D eigenvalue weighted by molar-refractivity contribution is 6.00. The normalized spacial score (nSPS) is 15.1. The molecular formula is C13H14F2O2. The van der Waals surface area contributed by atoms with Crippen LogP contribution in [0.2, 0.25) is 0 Å². The van der Waals surface area contributed by atoms with Crippen LogP contribution in [0.3, 0.4) is 0 Å². The second kappa shape index (κ2) is 4.82. The molecule has 0 heterocycles. The third-order valence-electron chi connectivity index (χ3n) is 2.90. The first kappa shape index (κ1) is 12.0. The topological polar surface area (TPSA) is 26.3 Å². The number of ether oxygens (including phenoxy) is 1. The van der Waals surface area contributed by atoms with Gasteiger partial charge in [-0.25, -0.2) is 0 Å². The van der Waals surface area contributed by atoms with Gasteiger partial charge in [0.1, 0.15) is 5.75 Å². The maximum absolute atomic E-state index is 12.2. The standard InChI is InChI=1S/C13H14F2O2/c1-8-3-2-4-11(17-13(14)15)12(8)10(16)7-9-5-6-9/h2-4,9,13H,5-7H2,1H3. The lowest BCUT2D eigenvalue weighted by molar-refractivity contribution is -0.0501. The van der Waals surface area contributed by atoms with Crippen LogP contribution in [0.15, 0.2) is 18.2 Å². The monoisotopic (exact) mass is 240 g/mol. The molecule has 1 aliphatic rings. The van der Waals surface area contributed by atoms with E-state index in [9.17, 15) is 13.6 Å². The van der Waals surface area contributed by atoms with Crippen LogP contribution in [0, 0.1) is 12.8 Å². The van der Waals surface area contributed by atoms with Gasteiger partial charge in [0.25, 0.3) is 0 Å². The molecule has 0 aromatic heterocycles. The molecular weight excluding hydrogens is 226 g/mol. The van der Waals surface area contributed by atoms with Crippen LogP contribution in [0.4, 0.5) is 8.78 Å². The summed E-state index contributed by atoms with van der Waals surface area (Å²) in [5.74, 6) is 0.327. The number of carbonyl (C=O) groups excluding carboxylic acids is 1. The number of rotatable bonds is 5. The van der Waals surface area contributed by atoms with Gasteiger partial charge in [-0.15, -0.1) is 0 Å². The summed E-state index contributed by atoms with van der Waals surface area (Å²) < 4.78 is 28.9. The van der Waals surface area contributed by atoms with Crippen molar-refractivity contribution in [1.29, 1.82) is 0 Å². The fraction of sp³-hybridized carbons (Fsp3) is 0.462. The van der Waals surface area contributed by atoms with E-state index in [0.29, 0.717) is 23.5 Å². The number of Topliss-reactive ketones (excluding diaryl/α,β-unsaturated/α-hetero) is 1. The third-order valence-corrected chi connectivity index (χ3v) is 2.90. The molecule has 0 radical (unpaired) electrons. The number of aryl methyl sites for hydroxylation is 1. The highest BCUT2D eigenvalue weighted by Gasteiger charge is 2.27. The molecule has 1 fully saturated rings. The molecule has 1 aliphatic carbocycles. The van der Waals surface area contributed by atoms with E-state index in [1.807, 2.05) is 0 Å². The zero-order valence-electron chi connectivity index (χ0n) is 9.58. The molecule has 0 bridgehead atoms. The van der Waals surface area contributed by atoms with Crippen molar-refractivity contribution in [2.75, 3.05) is 0 Å². The van der Waals surface area contributed by atoms with Crippen molar-refractivity contribution in [3.8, 4) is 5.75 Å². The van der Waals surface area contributed by atoms with Gasteiger partial charge in [-0.2, -0.15) is 8.78 Å². The highest BCUT2D eigenvalue weighted by atomic mass is 19.3. The minimum absolute atomic E-state index is 0.00866. The second-order valence-electron chi connectivity index (χ2n) is 4.40. The Hall–Kier alpha value is -1.45. The largest absolute Gasteiger partial charge is 0.434 e. The first-order valence-electron chi connectivity index (χ1n) is 5.65.